The summed E-state index contributed by atoms with van der Waals surface area (Å²) < 4.78 is 0. The highest BCUT2D eigenvalue weighted by atomic mass is 14.9. The summed E-state index contributed by atoms with van der Waals surface area (Å²) in [6.45, 7) is 2.13. The summed E-state index contributed by atoms with van der Waals surface area (Å²) in [6.07, 6.45) is 5.75. The Morgan fingerprint density at radius 1 is 0.952 bits per heavy atom. The first-order chi connectivity index (χ1) is 10.3. The zero-order valence-electron chi connectivity index (χ0n) is 12.3. The lowest BCUT2D eigenvalue weighted by Crippen LogP contribution is -2.03. The van der Waals surface area contributed by atoms with Gasteiger partial charge in [-0.3, -0.25) is 0 Å². The lowest BCUT2D eigenvalue weighted by atomic mass is 9.87. The second kappa shape index (κ2) is 6.40. The van der Waals surface area contributed by atoms with Crippen molar-refractivity contribution in [3.05, 3.63) is 89.5 Å². The van der Waals surface area contributed by atoms with E-state index in [4.69, 9.17) is 0 Å². The maximum Gasteiger partial charge on any atom is 0.0921 e. The van der Waals surface area contributed by atoms with Crippen LogP contribution in [0.5, 0.6) is 0 Å². The lowest BCUT2D eigenvalue weighted by Gasteiger charge is -2.18. The van der Waals surface area contributed by atoms with E-state index < -0.39 is 0 Å². The number of imidazole rings is 1. The van der Waals surface area contributed by atoms with Gasteiger partial charge in [0.05, 0.1) is 6.33 Å². The second-order valence-electron chi connectivity index (χ2n) is 5.49. The molecule has 0 amide bonds. The van der Waals surface area contributed by atoms with Gasteiger partial charge < -0.3 is 4.98 Å². The number of rotatable bonds is 5. The summed E-state index contributed by atoms with van der Waals surface area (Å²) in [5.74, 6) is 0.426. The average Bonchev–Trinajstić information content (AvgIpc) is 3.04. The molecule has 0 saturated carbocycles. The summed E-state index contributed by atoms with van der Waals surface area (Å²) in [5.41, 5.74) is 5.26. The molecule has 3 rings (SSSR count). The van der Waals surface area contributed by atoms with Crippen LogP contribution in [0.2, 0.25) is 0 Å². The molecule has 2 nitrogen and oxygen atoms in total. The third-order valence-corrected chi connectivity index (χ3v) is 3.94. The minimum absolute atomic E-state index is 0.426. The number of nitrogens with one attached hydrogen (secondary N) is 1. The fraction of sp³-hybridized carbons (Fsp3) is 0.211. The Kier molecular flexibility index (Phi) is 4.15. The molecule has 1 heterocycles. The lowest BCUT2D eigenvalue weighted by molar-refractivity contribution is 0.706. The average molecular weight is 276 g/mol. The molecule has 0 bridgehead atoms. The van der Waals surface area contributed by atoms with Gasteiger partial charge in [0.2, 0.25) is 0 Å². The molecular formula is C19H20N2. The first-order valence-corrected chi connectivity index (χ1v) is 7.41. The van der Waals surface area contributed by atoms with Crippen molar-refractivity contribution in [2.75, 3.05) is 0 Å². The van der Waals surface area contributed by atoms with Gasteiger partial charge in [-0.1, -0.05) is 60.2 Å². The third-order valence-electron chi connectivity index (χ3n) is 3.94. The number of benzene rings is 2. The van der Waals surface area contributed by atoms with Gasteiger partial charge in [0, 0.05) is 17.8 Å². The number of aromatic nitrogens is 2. The molecule has 21 heavy (non-hydrogen) atoms. The molecule has 0 aliphatic heterocycles. The van der Waals surface area contributed by atoms with E-state index in [0.29, 0.717) is 5.92 Å². The van der Waals surface area contributed by atoms with Crippen molar-refractivity contribution < 1.29 is 0 Å². The van der Waals surface area contributed by atoms with Crippen LogP contribution in [-0.4, -0.2) is 9.97 Å². The highest BCUT2D eigenvalue weighted by Gasteiger charge is 2.14. The van der Waals surface area contributed by atoms with Gasteiger partial charge >= 0.3 is 0 Å². The molecule has 1 unspecified atom stereocenters. The molecule has 2 heteroatoms. The molecule has 0 spiro atoms. The molecule has 2 aromatic carbocycles. The first-order valence-electron chi connectivity index (χ1n) is 7.41. The molecule has 106 valence electrons. The molecule has 0 fully saturated rings. The van der Waals surface area contributed by atoms with E-state index in [9.17, 15) is 0 Å². The summed E-state index contributed by atoms with van der Waals surface area (Å²) in [6, 6.07) is 19.6. The normalized spacial score (nSPS) is 12.2. The minimum atomic E-state index is 0.426. The van der Waals surface area contributed by atoms with Crippen molar-refractivity contribution >= 4 is 0 Å². The monoisotopic (exact) mass is 276 g/mol. The predicted molar refractivity (Wildman–Crippen MR) is 86.4 cm³/mol. The Balaban J connectivity index is 1.85. The van der Waals surface area contributed by atoms with Crippen molar-refractivity contribution in [2.24, 2.45) is 0 Å². The molecular weight excluding hydrogens is 256 g/mol. The molecule has 0 aliphatic rings. The van der Waals surface area contributed by atoms with Crippen LogP contribution in [-0.2, 0) is 6.42 Å². The van der Waals surface area contributed by atoms with Gasteiger partial charge in [-0.25, -0.2) is 4.98 Å². The largest absolute Gasteiger partial charge is 0.348 e. The molecule has 0 saturated heterocycles. The van der Waals surface area contributed by atoms with Gasteiger partial charge in [-0.2, -0.15) is 0 Å². The molecule has 0 aliphatic carbocycles. The van der Waals surface area contributed by atoms with E-state index in [2.05, 4.69) is 71.5 Å². The van der Waals surface area contributed by atoms with Crippen molar-refractivity contribution in [3.8, 4) is 0 Å². The van der Waals surface area contributed by atoms with Crippen molar-refractivity contribution in [3.63, 3.8) is 0 Å². The van der Waals surface area contributed by atoms with Gasteiger partial charge in [0.25, 0.3) is 0 Å². The van der Waals surface area contributed by atoms with Gasteiger partial charge in [0.1, 0.15) is 0 Å². The van der Waals surface area contributed by atoms with Crippen molar-refractivity contribution in [1.82, 2.24) is 9.97 Å². The van der Waals surface area contributed by atoms with E-state index >= 15 is 0 Å². The highest BCUT2D eigenvalue weighted by molar-refractivity contribution is 5.34. The first kappa shape index (κ1) is 13.6. The van der Waals surface area contributed by atoms with E-state index in [1.807, 2.05) is 6.20 Å². The number of H-pyrrole nitrogens is 1. The Morgan fingerprint density at radius 2 is 1.67 bits per heavy atom. The van der Waals surface area contributed by atoms with Crippen LogP contribution in [0.25, 0.3) is 0 Å². The second-order valence-corrected chi connectivity index (χ2v) is 5.49. The van der Waals surface area contributed by atoms with Crippen LogP contribution in [0.15, 0.2) is 67.1 Å². The third kappa shape index (κ3) is 3.40. The summed E-state index contributed by atoms with van der Waals surface area (Å²) >= 11 is 0. The summed E-state index contributed by atoms with van der Waals surface area (Å²) in [4.78, 5) is 7.30. The molecule has 3 aromatic rings. The standard InChI is InChI=1S/C19H20N2/c1-15-7-9-17(10-8-15)19(16-5-3-2-4-6-16)12-11-18-13-20-14-21-18/h2-10,13-14,19H,11-12H2,1H3,(H,20,21). The predicted octanol–water partition coefficient (Wildman–Crippen LogP) is 4.48. The Labute approximate surface area is 125 Å². The van der Waals surface area contributed by atoms with Crippen molar-refractivity contribution in [2.45, 2.75) is 25.7 Å². The molecule has 1 aromatic heterocycles. The van der Waals surface area contributed by atoms with E-state index in [0.717, 1.165) is 12.8 Å². The van der Waals surface area contributed by atoms with E-state index in [1.165, 1.54) is 22.4 Å². The topological polar surface area (TPSA) is 28.7 Å². The quantitative estimate of drug-likeness (QED) is 0.731. The minimum Gasteiger partial charge on any atom is -0.348 e. The van der Waals surface area contributed by atoms with Crippen LogP contribution in [0, 0.1) is 6.92 Å². The van der Waals surface area contributed by atoms with Crippen LogP contribution in [0.3, 0.4) is 0 Å². The van der Waals surface area contributed by atoms with Crippen LogP contribution in [0.4, 0.5) is 0 Å². The van der Waals surface area contributed by atoms with Gasteiger partial charge in [-0.05, 0) is 30.9 Å². The summed E-state index contributed by atoms with van der Waals surface area (Å²) in [5, 5.41) is 0. The fourth-order valence-electron chi connectivity index (χ4n) is 2.73. The molecule has 1 atom stereocenters. The maximum absolute atomic E-state index is 4.10. The number of aromatic amines is 1. The van der Waals surface area contributed by atoms with Gasteiger partial charge in [0.15, 0.2) is 0 Å². The van der Waals surface area contributed by atoms with Gasteiger partial charge in [-0.15, -0.1) is 0 Å². The number of nitrogens with zero attached hydrogens (tertiary/aromatic N) is 1. The SMILES string of the molecule is Cc1ccc(C(CCc2cnc[nH]2)c2ccccc2)cc1. The number of hydrogen-bond acceptors (Lipinski definition) is 1. The van der Waals surface area contributed by atoms with E-state index in [-0.39, 0.29) is 0 Å². The Morgan fingerprint density at radius 3 is 2.33 bits per heavy atom. The van der Waals surface area contributed by atoms with Crippen LogP contribution < -0.4 is 0 Å². The maximum atomic E-state index is 4.10. The number of aryl methyl sites for hydroxylation is 2. The molecule has 0 radical (unpaired) electrons. The highest BCUT2D eigenvalue weighted by Crippen LogP contribution is 2.29. The zero-order valence-corrected chi connectivity index (χ0v) is 12.3. The number of hydrogen-bond donors (Lipinski definition) is 1. The van der Waals surface area contributed by atoms with Crippen molar-refractivity contribution in [1.29, 1.82) is 0 Å². The molecule has 1 N–H and O–H groups in total. The van der Waals surface area contributed by atoms with E-state index in [1.54, 1.807) is 6.33 Å². The fourth-order valence-corrected chi connectivity index (χ4v) is 2.73. The Bertz CT molecular complexity index is 655. The Hall–Kier alpha value is -2.35. The summed E-state index contributed by atoms with van der Waals surface area (Å²) in [7, 11) is 0. The van der Waals surface area contributed by atoms with Crippen LogP contribution >= 0.6 is 0 Å². The van der Waals surface area contributed by atoms with Crippen LogP contribution in [0.1, 0.15) is 34.7 Å². The smallest absolute Gasteiger partial charge is 0.0921 e. The zero-order chi connectivity index (χ0) is 14.5.